The molecule has 3 heterocycles. The molecular formula is C24H22N4O. The van der Waals surface area contributed by atoms with E-state index < -0.39 is 0 Å². The van der Waals surface area contributed by atoms with Gasteiger partial charge in [0.05, 0.1) is 17.7 Å². The van der Waals surface area contributed by atoms with Crippen LogP contribution in [0.1, 0.15) is 29.6 Å². The number of ether oxygens (including phenoxy) is 1. The van der Waals surface area contributed by atoms with E-state index in [2.05, 4.69) is 39.2 Å². The molecular weight excluding hydrogens is 360 g/mol. The van der Waals surface area contributed by atoms with Gasteiger partial charge in [0.2, 0.25) is 5.88 Å². The first-order valence-electron chi connectivity index (χ1n) is 9.92. The lowest BCUT2D eigenvalue weighted by Crippen LogP contribution is -2.05. The van der Waals surface area contributed by atoms with Gasteiger partial charge in [0, 0.05) is 41.0 Å². The van der Waals surface area contributed by atoms with Crippen molar-refractivity contribution in [2.75, 3.05) is 6.61 Å². The monoisotopic (exact) mass is 382 g/mol. The van der Waals surface area contributed by atoms with Crippen molar-refractivity contribution in [3.05, 3.63) is 78.1 Å². The Kier molecular flexibility index (Phi) is 4.43. The molecule has 0 radical (unpaired) electrons. The molecule has 0 N–H and O–H groups in total. The SMILES string of the molecule is Cc1cc(-c2cnc(C)nc2OC[C@H]2C[C@@H]2c2ccc3ccccc3n2)ccn1. The van der Waals surface area contributed by atoms with Gasteiger partial charge in [0.1, 0.15) is 5.82 Å². The first kappa shape index (κ1) is 17.7. The fourth-order valence-electron chi connectivity index (χ4n) is 3.74. The Bertz CT molecular complexity index is 1190. The summed E-state index contributed by atoms with van der Waals surface area (Å²) in [6.07, 6.45) is 4.73. The first-order chi connectivity index (χ1) is 14.2. The zero-order valence-electron chi connectivity index (χ0n) is 16.5. The fraction of sp³-hybridized carbons (Fsp3) is 0.250. The van der Waals surface area contributed by atoms with Crippen molar-refractivity contribution in [3.8, 4) is 17.0 Å². The molecule has 5 rings (SSSR count). The molecule has 0 aliphatic heterocycles. The zero-order valence-corrected chi connectivity index (χ0v) is 16.5. The Morgan fingerprint density at radius 3 is 2.79 bits per heavy atom. The van der Waals surface area contributed by atoms with Crippen molar-refractivity contribution in [3.63, 3.8) is 0 Å². The van der Waals surface area contributed by atoms with Crippen molar-refractivity contribution >= 4 is 10.9 Å². The molecule has 5 heteroatoms. The van der Waals surface area contributed by atoms with Crippen LogP contribution >= 0.6 is 0 Å². The molecule has 0 saturated heterocycles. The van der Waals surface area contributed by atoms with E-state index in [0.29, 0.717) is 30.1 Å². The second-order valence-corrected chi connectivity index (χ2v) is 7.66. The first-order valence-corrected chi connectivity index (χ1v) is 9.92. The Morgan fingerprint density at radius 1 is 1.00 bits per heavy atom. The predicted octanol–water partition coefficient (Wildman–Crippen LogP) is 4.89. The van der Waals surface area contributed by atoms with E-state index in [1.54, 1.807) is 6.20 Å². The number of hydrogen-bond acceptors (Lipinski definition) is 5. The molecule has 0 unspecified atom stereocenters. The van der Waals surface area contributed by atoms with E-state index in [0.717, 1.165) is 34.5 Å². The van der Waals surface area contributed by atoms with Crippen molar-refractivity contribution < 1.29 is 4.74 Å². The minimum atomic E-state index is 0.453. The van der Waals surface area contributed by atoms with E-state index in [-0.39, 0.29) is 0 Å². The number of hydrogen-bond donors (Lipinski definition) is 0. The van der Waals surface area contributed by atoms with Gasteiger partial charge in [-0.3, -0.25) is 9.97 Å². The third-order valence-corrected chi connectivity index (χ3v) is 5.44. The third-order valence-electron chi connectivity index (χ3n) is 5.44. The molecule has 5 nitrogen and oxygen atoms in total. The van der Waals surface area contributed by atoms with E-state index in [9.17, 15) is 0 Å². The highest BCUT2D eigenvalue weighted by atomic mass is 16.5. The molecule has 0 amide bonds. The molecule has 0 bridgehead atoms. The molecule has 1 saturated carbocycles. The molecule has 3 aromatic heterocycles. The van der Waals surface area contributed by atoms with Crippen LogP contribution in [0.3, 0.4) is 0 Å². The molecule has 2 atom stereocenters. The van der Waals surface area contributed by atoms with Crippen LogP contribution in [0.5, 0.6) is 5.88 Å². The summed E-state index contributed by atoms with van der Waals surface area (Å²) in [5.41, 5.74) is 5.09. The summed E-state index contributed by atoms with van der Waals surface area (Å²) in [6, 6.07) is 16.5. The summed E-state index contributed by atoms with van der Waals surface area (Å²) >= 11 is 0. The quantitative estimate of drug-likeness (QED) is 0.492. The maximum Gasteiger partial charge on any atom is 0.224 e. The van der Waals surface area contributed by atoms with Gasteiger partial charge in [-0.2, -0.15) is 4.98 Å². The van der Waals surface area contributed by atoms with Crippen LogP contribution in [0.2, 0.25) is 0 Å². The topological polar surface area (TPSA) is 60.8 Å². The van der Waals surface area contributed by atoms with Gasteiger partial charge in [-0.25, -0.2) is 4.98 Å². The average molecular weight is 382 g/mol. The van der Waals surface area contributed by atoms with E-state index in [1.807, 2.05) is 44.3 Å². The number of nitrogens with zero attached hydrogens (tertiary/aromatic N) is 4. The molecule has 29 heavy (non-hydrogen) atoms. The van der Waals surface area contributed by atoms with Crippen molar-refractivity contribution in [1.82, 2.24) is 19.9 Å². The molecule has 4 aromatic rings. The minimum Gasteiger partial charge on any atom is -0.477 e. The predicted molar refractivity (Wildman–Crippen MR) is 113 cm³/mol. The highest BCUT2D eigenvalue weighted by Gasteiger charge is 2.40. The molecule has 0 spiro atoms. The second kappa shape index (κ2) is 7.24. The molecule has 1 fully saturated rings. The summed E-state index contributed by atoms with van der Waals surface area (Å²) in [7, 11) is 0. The Labute approximate surface area is 169 Å². The van der Waals surface area contributed by atoms with Crippen LogP contribution in [-0.2, 0) is 0 Å². The lowest BCUT2D eigenvalue weighted by Gasteiger charge is -2.11. The number of para-hydroxylation sites is 1. The van der Waals surface area contributed by atoms with Crippen molar-refractivity contribution in [2.24, 2.45) is 5.92 Å². The van der Waals surface area contributed by atoms with Crippen LogP contribution in [0, 0.1) is 19.8 Å². The fourth-order valence-corrected chi connectivity index (χ4v) is 3.74. The van der Waals surface area contributed by atoms with Gasteiger partial charge in [0.25, 0.3) is 0 Å². The van der Waals surface area contributed by atoms with Crippen LogP contribution in [-0.4, -0.2) is 26.5 Å². The summed E-state index contributed by atoms with van der Waals surface area (Å²) < 4.78 is 6.18. The lowest BCUT2D eigenvalue weighted by molar-refractivity contribution is 0.285. The van der Waals surface area contributed by atoms with Gasteiger partial charge in [-0.1, -0.05) is 24.3 Å². The zero-order chi connectivity index (χ0) is 19.8. The van der Waals surface area contributed by atoms with Gasteiger partial charge in [-0.05, 0) is 50.1 Å². The van der Waals surface area contributed by atoms with Gasteiger partial charge in [0.15, 0.2) is 0 Å². The van der Waals surface area contributed by atoms with Gasteiger partial charge >= 0.3 is 0 Å². The van der Waals surface area contributed by atoms with Crippen LogP contribution in [0.25, 0.3) is 22.0 Å². The summed E-state index contributed by atoms with van der Waals surface area (Å²) in [5, 5.41) is 1.18. The van der Waals surface area contributed by atoms with Crippen molar-refractivity contribution in [1.29, 1.82) is 0 Å². The van der Waals surface area contributed by atoms with Crippen molar-refractivity contribution in [2.45, 2.75) is 26.2 Å². The normalized spacial score (nSPS) is 18.0. The minimum absolute atomic E-state index is 0.453. The Hall–Kier alpha value is -3.34. The number of benzene rings is 1. The van der Waals surface area contributed by atoms with Crippen LogP contribution < -0.4 is 4.74 Å². The van der Waals surface area contributed by atoms with E-state index in [1.165, 1.54) is 5.39 Å². The van der Waals surface area contributed by atoms with Crippen LogP contribution in [0.15, 0.2) is 60.9 Å². The largest absolute Gasteiger partial charge is 0.477 e. The Morgan fingerprint density at radius 2 is 1.90 bits per heavy atom. The average Bonchev–Trinajstić information content (AvgIpc) is 3.52. The van der Waals surface area contributed by atoms with Crippen LogP contribution in [0.4, 0.5) is 0 Å². The standard InChI is InChI=1S/C24H22N4O/c1-15-11-18(9-10-25-15)21-13-26-16(2)27-24(21)29-14-19-12-20(19)23-8-7-17-5-3-4-6-22(17)28-23/h3-11,13,19-20H,12,14H2,1-2H3/t19-,20+/m1/s1. The van der Waals surface area contributed by atoms with E-state index in [4.69, 9.17) is 9.72 Å². The summed E-state index contributed by atoms with van der Waals surface area (Å²) in [6.45, 7) is 4.49. The highest BCUT2D eigenvalue weighted by molar-refractivity contribution is 5.78. The summed E-state index contributed by atoms with van der Waals surface area (Å²) in [5.74, 6) is 2.26. The molecule has 1 aliphatic rings. The van der Waals surface area contributed by atoms with Gasteiger partial charge in [-0.15, -0.1) is 0 Å². The number of aryl methyl sites for hydroxylation is 2. The highest BCUT2D eigenvalue weighted by Crippen LogP contribution is 2.47. The number of aromatic nitrogens is 4. The smallest absolute Gasteiger partial charge is 0.224 e. The number of pyridine rings is 2. The lowest BCUT2D eigenvalue weighted by atomic mass is 10.1. The number of fused-ring (bicyclic) bond motifs is 1. The Balaban J connectivity index is 1.32. The van der Waals surface area contributed by atoms with Gasteiger partial charge < -0.3 is 4.74 Å². The third kappa shape index (κ3) is 3.68. The summed E-state index contributed by atoms with van der Waals surface area (Å²) in [4.78, 5) is 18.0. The maximum atomic E-state index is 6.18. The second-order valence-electron chi connectivity index (χ2n) is 7.66. The number of rotatable bonds is 5. The molecule has 1 aromatic carbocycles. The maximum absolute atomic E-state index is 6.18. The molecule has 1 aliphatic carbocycles. The van der Waals surface area contributed by atoms with E-state index >= 15 is 0 Å². The molecule has 144 valence electrons.